The molecule has 0 saturated carbocycles. The van der Waals surface area contributed by atoms with E-state index in [-0.39, 0.29) is 32.8 Å². The van der Waals surface area contributed by atoms with E-state index in [0.29, 0.717) is 4.90 Å². The third-order valence-electron chi connectivity index (χ3n) is 4.62. The van der Waals surface area contributed by atoms with E-state index in [2.05, 4.69) is 30.1 Å². The molecular formula is C18H26N12O8. The highest BCUT2D eigenvalue weighted by Gasteiger charge is 2.40. The molecule has 20 nitrogen and oxygen atoms in total. The van der Waals surface area contributed by atoms with Gasteiger partial charge in [0.15, 0.2) is 0 Å². The van der Waals surface area contributed by atoms with Crippen molar-refractivity contribution in [3.8, 4) is 0 Å². The number of azide groups is 3. The van der Waals surface area contributed by atoms with Crippen molar-refractivity contribution in [1.82, 2.24) is 14.7 Å². The molecule has 4 amide bonds. The van der Waals surface area contributed by atoms with Gasteiger partial charge in [0.05, 0.1) is 45.9 Å². The monoisotopic (exact) mass is 538 g/mol. The van der Waals surface area contributed by atoms with Crippen molar-refractivity contribution in [3.63, 3.8) is 0 Å². The molecule has 38 heavy (non-hydrogen) atoms. The first-order valence-electron chi connectivity index (χ1n) is 10.9. The van der Waals surface area contributed by atoms with E-state index in [1.807, 2.05) is 0 Å². The van der Waals surface area contributed by atoms with E-state index in [0.717, 1.165) is 30.6 Å². The van der Waals surface area contributed by atoms with Gasteiger partial charge in [-0.15, -0.1) is 0 Å². The van der Waals surface area contributed by atoms with E-state index in [1.165, 1.54) is 0 Å². The summed E-state index contributed by atoms with van der Waals surface area (Å²) < 4.78 is 15.3. The molecule has 0 aromatic rings. The molecule has 0 radical (unpaired) electrons. The predicted molar refractivity (Wildman–Crippen MR) is 124 cm³/mol. The lowest BCUT2D eigenvalue weighted by Crippen LogP contribution is -2.64. The summed E-state index contributed by atoms with van der Waals surface area (Å²) in [6, 6.07) is -1.77. The normalized spacial score (nSPS) is 15.2. The van der Waals surface area contributed by atoms with Crippen LogP contribution in [0.1, 0.15) is 20.8 Å². The lowest BCUT2D eigenvalue weighted by molar-refractivity contribution is -0.147. The summed E-state index contributed by atoms with van der Waals surface area (Å²) in [5.41, 5.74) is 25.9. The van der Waals surface area contributed by atoms with Gasteiger partial charge in [-0.3, -0.25) is 14.4 Å². The number of urea groups is 2. The minimum absolute atomic E-state index is 0.319. The number of hydrogen-bond acceptors (Lipinski definition) is 11. The Balaban J connectivity index is 3.36. The highest BCUT2D eigenvalue weighted by atomic mass is 16.6. The van der Waals surface area contributed by atoms with E-state index in [1.54, 1.807) is 0 Å². The third-order valence-corrected chi connectivity index (χ3v) is 4.62. The fraction of sp³-hybridized carbons (Fsp3) is 0.722. The number of amides is 4. The Morgan fingerprint density at radius 2 is 1.03 bits per heavy atom. The summed E-state index contributed by atoms with van der Waals surface area (Å²) in [5, 5.41) is 10.1. The summed E-state index contributed by atoms with van der Waals surface area (Å²) >= 11 is 0. The molecule has 0 aromatic heterocycles. The Kier molecular flexibility index (Phi) is 13.1. The summed E-state index contributed by atoms with van der Waals surface area (Å²) in [7, 11) is 0. The lowest BCUT2D eigenvalue weighted by atomic mass is 10.2. The number of hydrogen-bond donors (Lipinski definition) is 0. The van der Waals surface area contributed by atoms with E-state index >= 15 is 0 Å². The molecule has 0 bridgehead atoms. The van der Waals surface area contributed by atoms with Crippen molar-refractivity contribution >= 4 is 30.0 Å². The van der Waals surface area contributed by atoms with Crippen LogP contribution in [0, 0.1) is 0 Å². The van der Waals surface area contributed by atoms with Crippen molar-refractivity contribution in [2.24, 2.45) is 15.3 Å². The van der Waals surface area contributed by atoms with Gasteiger partial charge in [-0.05, 0) is 16.6 Å². The quantitative estimate of drug-likeness (QED) is 0.0972. The molecule has 1 heterocycles. The maximum Gasteiger partial charge on any atom is 0.329 e. The molecule has 1 fully saturated rings. The Hall–Kier alpha value is -4.92. The average molecular weight is 538 g/mol. The number of nitrogens with zero attached hydrogens (tertiary/aromatic N) is 12. The largest absolute Gasteiger partial charge is 0.461 e. The molecule has 0 aromatic carbocycles. The first-order valence-corrected chi connectivity index (χ1v) is 10.9. The lowest BCUT2D eigenvalue weighted by Gasteiger charge is -2.43. The van der Waals surface area contributed by atoms with Gasteiger partial charge >= 0.3 is 30.0 Å². The maximum absolute atomic E-state index is 13.3. The van der Waals surface area contributed by atoms with Crippen molar-refractivity contribution < 1.29 is 38.2 Å². The fourth-order valence-electron chi connectivity index (χ4n) is 3.36. The smallest absolute Gasteiger partial charge is 0.329 e. The molecule has 3 unspecified atom stereocenters. The van der Waals surface area contributed by atoms with Crippen LogP contribution < -0.4 is 0 Å². The summed E-state index contributed by atoms with van der Waals surface area (Å²) in [4.78, 5) is 71.7. The number of carbonyl (C=O) groups is 5. The minimum atomic E-state index is -1.20. The Morgan fingerprint density at radius 3 is 1.32 bits per heavy atom. The second kappa shape index (κ2) is 15.9. The van der Waals surface area contributed by atoms with Crippen molar-refractivity contribution in [3.05, 3.63) is 31.3 Å². The third kappa shape index (κ3) is 10.8. The topological polar surface area (TPSA) is 269 Å². The van der Waals surface area contributed by atoms with Gasteiger partial charge in [0.25, 0.3) is 0 Å². The minimum Gasteiger partial charge on any atom is -0.461 e. The SMILES string of the molecule is CC(=O)OC(CN=[N+]=[N-])CN1CN(CC(CN=[N+]=[N-])OC(C)=O)C(=O)N(CC(CN=[N+]=[N-])OC(C)=O)C1=O. The number of carbonyl (C=O) groups excluding carboxylic acids is 5. The average Bonchev–Trinajstić information content (AvgIpc) is 2.83. The Labute approximate surface area is 215 Å². The van der Waals surface area contributed by atoms with Gasteiger partial charge in [-0.25, -0.2) is 14.5 Å². The molecule has 1 saturated heterocycles. The van der Waals surface area contributed by atoms with Crippen LogP contribution in [0.2, 0.25) is 0 Å². The molecule has 3 atom stereocenters. The number of ether oxygens (including phenoxy) is 3. The molecule has 206 valence electrons. The van der Waals surface area contributed by atoms with Crippen molar-refractivity contribution in [1.29, 1.82) is 0 Å². The van der Waals surface area contributed by atoms with E-state index in [4.69, 9.17) is 30.8 Å². The summed E-state index contributed by atoms with van der Waals surface area (Å²) in [6.45, 7) is 0.720. The maximum atomic E-state index is 13.3. The zero-order valence-corrected chi connectivity index (χ0v) is 20.8. The van der Waals surface area contributed by atoms with Crippen LogP contribution >= 0.6 is 0 Å². The molecule has 0 aliphatic carbocycles. The Bertz CT molecular complexity index is 978. The van der Waals surface area contributed by atoms with Gasteiger partial charge in [-0.1, -0.05) is 15.3 Å². The van der Waals surface area contributed by atoms with Crippen LogP contribution in [0.4, 0.5) is 9.59 Å². The predicted octanol–water partition coefficient (Wildman–Crippen LogP) is 1.83. The standard InChI is InChI=1S/C18H26N12O8/c1-11(31)36-14(4-22-25-19)7-28-10-29(8-15(5-23-26-20)37-12(2)32)18(35)30(17(28)34)9-16(6-24-27-21)38-13(3)33/h14-16H,4-10H2,1-3H3. The molecule has 0 N–H and O–H groups in total. The van der Waals surface area contributed by atoms with Crippen LogP contribution in [-0.2, 0) is 28.6 Å². The zero-order chi connectivity index (χ0) is 28.7. The van der Waals surface area contributed by atoms with Crippen molar-refractivity contribution in [2.45, 2.75) is 39.1 Å². The molecule has 20 heteroatoms. The van der Waals surface area contributed by atoms with Crippen LogP contribution in [0.15, 0.2) is 15.3 Å². The van der Waals surface area contributed by atoms with Gasteiger partial charge in [0.2, 0.25) is 0 Å². The van der Waals surface area contributed by atoms with Crippen LogP contribution in [0.5, 0.6) is 0 Å². The summed E-state index contributed by atoms with van der Waals surface area (Å²) in [6.07, 6.45) is -3.36. The molecule has 1 rings (SSSR count). The molecular weight excluding hydrogens is 512 g/mol. The van der Waals surface area contributed by atoms with Crippen LogP contribution in [-0.4, -0.2) is 109 Å². The van der Waals surface area contributed by atoms with E-state index in [9.17, 15) is 24.0 Å². The molecule has 1 aliphatic heterocycles. The van der Waals surface area contributed by atoms with Crippen molar-refractivity contribution in [2.75, 3.05) is 45.9 Å². The number of esters is 3. The molecule has 0 spiro atoms. The number of imide groups is 1. The first kappa shape index (κ1) is 31.1. The van der Waals surface area contributed by atoms with Gasteiger partial charge in [-0.2, -0.15) is 0 Å². The zero-order valence-electron chi connectivity index (χ0n) is 20.8. The van der Waals surface area contributed by atoms with Gasteiger partial charge < -0.3 is 24.0 Å². The Morgan fingerprint density at radius 1 is 0.711 bits per heavy atom. The first-order chi connectivity index (χ1) is 18.0. The fourth-order valence-corrected chi connectivity index (χ4v) is 3.36. The van der Waals surface area contributed by atoms with E-state index < -0.39 is 61.4 Å². The summed E-state index contributed by atoms with van der Waals surface area (Å²) in [5.74, 6) is -2.20. The van der Waals surface area contributed by atoms with Crippen LogP contribution in [0.25, 0.3) is 31.3 Å². The van der Waals surface area contributed by atoms with Crippen LogP contribution in [0.3, 0.4) is 0 Å². The second-order valence-corrected chi connectivity index (χ2v) is 7.70. The highest BCUT2D eigenvalue weighted by Crippen LogP contribution is 2.18. The van der Waals surface area contributed by atoms with Gasteiger partial charge in [0.1, 0.15) is 18.3 Å². The molecule has 1 aliphatic rings. The number of rotatable bonds is 15. The highest BCUT2D eigenvalue weighted by molar-refractivity contribution is 5.95. The van der Waals surface area contributed by atoms with Gasteiger partial charge in [0, 0.05) is 35.5 Å². The second-order valence-electron chi connectivity index (χ2n) is 7.70.